The van der Waals surface area contributed by atoms with E-state index in [-0.39, 0.29) is 12.2 Å². The summed E-state index contributed by atoms with van der Waals surface area (Å²) in [6, 6.07) is 6.82. The van der Waals surface area contributed by atoms with Gasteiger partial charge in [-0.05, 0) is 23.6 Å². The molecule has 0 aliphatic carbocycles. The molecule has 3 N–H and O–H groups in total. The number of hydrogen-bond acceptors (Lipinski definition) is 4. The number of aliphatic carboxylic acids is 1. The van der Waals surface area contributed by atoms with Gasteiger partial charge in [-0.15, -0.1) is 0 Å². The van der Waals surface area contributed by atoms with Crippen LogP contribution in [0.5, 0.6) is 5.75 Å². The summed E-state index contributed by atoms with van der Waals surface area (Å²) >= 11 is 0. The van der Waals surface area contributed by atoms with Crippen molar-refractivity contribution in [2.45, 2.75) is 6.42 Å². The number of carboxylic acid groups (broad SMARTS) is 1. The van der Waals surface area contributed by atoms with Gasteiger partial charge in [0.05, 0.1) is 6.42 Å². The fraction of sp³-hybridized carbons (Fsp3) is 0.167. The van der Waals surface area contributed by atoms with Crippen molar-refractivity contribution in [2.75, 3.05) is 11.9 Å². The first-order valence-corrected chi connectivity index (χ1v) is 5.20. The lowest BCUT2D eigenvalue weighted by atomic mass is 10.1. The minimum absolute atomic E-state index is 0.0247. The van der Waals surface area contributed by atoms with Crippen molar-refractivity contribution in [3.8, 4) is 5.75 Å². The monoisotopic (exact) mass is 232 g/mol. The van der Waals surface area contributed by atoms with Crippen molar-refractivity contribution in [3.63, 3.8) is 0 Å². The second kappa shape index (κ2) is 4.69. The van der Waals surface area contributed by atoms with Crippen molar-refractivity contribution >= 4 is 22.6 Å². The summed E-state index contributed by atoms with van der Waals surface area (Å²) in [5.41, 5.74) is 0. The Morgan fingerprint density at radius 1 is 1.35 bits per heavy atom. The molecule has 0 saturated carbocycles. The number of hydrogen-bond donors (Lipinski definition) is 3. The van der Waals surface area contributed by atoms with Crippen molar-refractivity contribution in [1.29, 1.82) is 0 Å². The number of nitrogens with zero attached hydrogens (tertiary/aromatic N) is 1. The maximum Gasteiger partial charge on any atom is 0.305 e. The molecule has 0 unspecified atom stereocenters. The molecule has 0 aliphatic rings. The zero-order valence-corrected chi connectivity index (χ0v) is 9.05. The maximum atomic E-state index is 10.4. The van der Waals surface area contributed by atoms with Crippen molar-refractivity contribution in [3.05, 3.63) is 30.5 Å². The van der Waals surface area contributed by atoms with E-state index in [1.165, 1.54) is 0 Å². The number of aromatic hydroxyl groups is 1. The summed E-state index contributed by atoms with van der Waals surface area (Å²) < 4.78 is 0. The number of rotatable bonds is 4. The molecule has 0 spiro atoms. The van der Waals surface area contributed by atoms with Crippen LogP contribution in [0.1, 0.15) is 6.42 Å². The van der Waals surface area contributed by atoms with Gasteiger partial charge in [-0.2, -0.15) is 0 Å². The molecule has 88 valence electrons. The predicted molar refractivity (Wildman–Crippen MR) is 64.2 cm³/mol. The van der Waals surface area contributed by atoms with E-state index < -0.39 is 5.97 Å². The summed E-state index contributed by atoms with van der Waals surface area (Å²) in [4.78, 5) is 14.5. The Morgan fingerprint density at radius 3 is 2.94 bits per heavy atom. The average molecular weight is 232 g/mol. The summed E-state index contributed by atoms with van der Waals surface area (Å²) in [6.45, 7) is 0.303. The molecule has 0 amide bonds. The lowest BCUT2D eigenvalue weighted by Crippen LogP contribution is -2.08. The van der Waals surface area contributed by atoms with Crippen LogP contribution in [0.15, 0.2) is 30.5 Å². The molecule has 0 atom stereocenters. The van der Waals surface area contributed by atoms with Gasteiger partial charge in [-0.3, -0.25) is 4.79 Å². The van der Waals surface area contributed by atoms with Crippen LogP contribution in [0.4, 0.5) is 5.82 Å². The van der Waals surface area contributed by atoms with E-state index in [2.05, 4.69) is 10.3 Å². The van der Waals surface area contributed by atoms with Crippen molar-refractivity contribution in [1.82, 2.24) is 4.98 Å². The number of pyridine rings is 1. The van der Waals surface area contributed by atoms with E-state index in [9.17, 15) is 9.90 Å². The van der Waals surface area contributed by atoms with E-state index in [0.717, 1.165) is 10.8 Å². The first-order valence-electron chi connectivity index (χ1n) is 5.20. The van der Waals surface area contributed by atoms with Gasteiger partial charge in [0.1, 0.15) is 11.6 Å². The fourth-order valence-electron chi connectivity index (χ4n) is 1.59. The maximum absolute atomic E-state index is 10.4. The number of carbonyl (C=O) groups is 1. The molecule has 0 aliphatic heterocycles. The summed E-state index contributed by atoms with van der Waals surface area (Å²) in [5, 5.41) is 22.6. The van der Waals surface area contributed by atoms with Crippen LogP contribution in [0.25, 0.3) is 10.8 Å². The summed E-state index contributed by atoms with van der Waals surface area (Å²) in [7, 11) is 0. The molecule has 0 fully saturated rings. The molecule has 5 heteroatoms. The molecule has 0 saturated heterocycles. The predicted octanol–water partition coefficient (Wildman–Crippen LogP) is 1.83. The zero-order chi connectivity index (χ0) is 12.3. The van der Waals surface area contributed by atoms with Gasteiger partial charge >= 0.3 is 5.97 Å². The second-order valence-electron chi connectivity index (χ2n) is 3.64. The van der Waals surface area contributed by atoms with Gasteiger partial charge in [-0.1, -0.05) is 6.07 Å². The van der Waals surface area contributed by atoms with Crippen LogP contribution in [0, 0.1) is 0 Å². The molecule has 5 nitrogen and oxygen atoms in total. The molecule has 0 radical (unpaired) electrons. The first kappa shape index (κ1) is 11.2. The third-order valence-corrected chi connectivity index (χ3v) is 2.38. The molecule has 1 heterocycles. The first-order chi connectivity index (χ1) is 8.16. The number of phenolic OH excluding ortho intramolecular Hbond substituents is 1. The van der Waals surface area contributed by atoms with E-state index in [1.54, 1.807) is 24.4 Å². The van der Waals surface area contributed by atoms with Crippen molar-refractivity contribution in [2.24, 2.45) is 0 Å². The Hall–Kier alpha value is -2.30. The molecular formula is C12H12N2O3. The Labute approximate surface area is 97.7 Å². The second-order valence-corrected chi connectivity index (χ2v) is 3.64. The van der Waals surface area contributed by atoms with E-state index in [0.29, 0.717) is 12.4 Å². The summed E-state index contributed by atoms with van der Waals surface area (Å²) in [5.74, 6) is -0.119. The van der Waals surface area contributed by atoms with Crippen LogP contribution in [0.3, 0.4) is 0 Å². The van der Waals surface area contributed by atoms with Crippen LogP contribution in [0.2, 0.25) is 0 Å². The molecule has 1 aromatic heterocycles. The third kappa shape index (κ3) is 2.63. The smallest absolute Gasteiger partial charge is 0.305 e. The highest BCUT2D eigenvalue weighted by Gasteiger charge is 2.03. The van der Waals surface area contributed by atoms with Gasteiger partial charge in [0.25, 0.3) is 0 Å². The SMILES string of the molecule is O=C(O)CCNc1nccc2ccc(O)cc12. The van der Waals surface area contributed by atoms with Crippen LogP contribution in [-0.2, 0) is 4.79 Å². The molecular weight excluding hydrogens is 220 g/mol. The van der Waals surface area contributed by atoms with Crippen LogP contribution >= 0.6 is 0 Å². The number of anilines is 1. The molecule has 17 heavy (non-hydrogen) atoms. The zero-order valence-electron chi connectivity index (χ0n) is 9.05. The Morgan fingerprint density at radius 2 is 2.18 bits per heavy atom. The quantitative estimate of drug-likeness (QED) is 0.749. The van der Waals surface area contributed by atoms with E-state index in [4.69, 9.17) is 5.11 Å². The largest absolute Gasteiger partial charge is 0.508 e. The molecule has 2 rings (SSSR count). The Balaban J connectivity index is 2.27. The highest BCUT2D eigenvalue weighted by Crippen LogP contribution is 2.24. The number of aromatic nitrogens is 1. The van der Waals surface area contributed by atoms with E-state index in [1.807, 2.05) is 6.07 Å². The highest BCUT2D eigenvalue weighted by molar-refractivity contribution is 5.92. The Bertz CT molecular complexity index is 554. The average Bonchev–Trinajstić information content (AvgIpc) is 2.29. The minimum atomic E-state index is -0.861. The number of carboxylic acids is 1. The Kier molecular flexibility index (Phi) is 3.09. The van der Waals surface area contributed by atoms with Gasteiger partial charge in [-0.25, -0.2) is 4.98 Å². The number of fused-ring (bicyclic) bond motifs is 1. The molecule has 2 aromatic rings. The van der Waals surface area contributed by atoms with Crippen LogP contribution in [-0.4, -0.2) is 27.7 Å². The highest BCUT2D eigenvalue weighted by atomic mass is 16.4. The van der Waals surface area contributed by atoms with Crippen molar-refractivity contribution < 1.29 is 15.0 Å². The third-order valence-electron chi connectivity index (χ3n) is 2.38. The fourth-order valence-corrected chi connectivity index (χ4v) is 1.59. The van der Waals surface area contributed by atoms with Gasteiger partial charge in [0.15, 0.2) is 0 Å². The topological polar surface area (TPSA) is 82.5 Å². The van der Waals surface area contributed by atoms with Crippen LogP contribution < -0.4 is 5.32 Å². The van der Waals surface area contributed by atoms with Gasteiger partial charge in [0, 0.05) is 18.1 Å². The number of phenols is 1. The van der Waals surface area contributed by atoms with E-state index >= 15 is 0 Å². The lowest BCUT2D eigenvalue weighted by molar-refractivity contribution is -0.136. The molecule has 0 bridgehead atoms. The normalized spacial score (nSPS) is 10.4. The minimum Gasteiger partial charge on any atom is -0.508 e. The number of benzene rings is 1. The lowest BCUT2D eigenvalue weighted by Gasteiger charge is -2.07. The summed E-state index contributed by atoms with van der Waals surface area (Å²) in [6.07, 6.45) is 1.67. The number of nitrogens with one attached hydrogen (secondary N) is 1. The van der Waals surface area contributed by atoms with Gasteiger partial charge < -0.3 is 15.5 Å². The molecule has 1 aromatic carbocycles. The standard InChI is InChI=1S/C12H12N2O3/c15-9-2-1-8-3-5-13-12(10(8)7-9)14-6-4-11(16)17/h1-3,5,7,15H,4,6H2,(H,13,14)(H,16,17). The van der Waals surface area contributed by atoms with Gasteiger partial charge in [0.2, 0.25) is 0 Å².